The van der Waals surface area contributed by atoms with Gasteiger partial charge in [-0.2, -0.15) is 0 Å². The van der Waals surface area contributed by atoms with Crippen LogP contribution in [0.2, 0.25) is 0 Å². The van der Waals surface area contributed by atoms with E-state index in [1.54, 1.807) is 0 Å². The quantitative estimate of drug-likeness (QED) is 0.553. The van der Waals surface area contributed by atoms with Crippen LogP contribution in [0.5, 0.6) is 0 Å². The molecular formula is C7H13Cl2. The predicted octanol–water partition coefficient (Wildman–Crippen LogP) is 3.23. The van der Waals surface area contributed by atoms with Crippen molar-refractivity contribution in [2.75, 3.05) is 5.88 Å². The minimum Gasteiger partial charge on any atom is -0.127 e. The second-order valence-corrected chi connectivity index (χ2v) is 3.07. The Morgan fingerprint density at radius 1 is 1.33 bits per heavy atom. The molecule has 55 valence electrons. The van der Waals surface area contributed by atoms with Gasteiger partial charge in [-0.1, -0.05) is 19.8 Å². The lowest BCUT2D eigenvalue weighted by Crippen LogP contribution is -1.98. The summed E-state index contributed by atoms with van der Waals surface area (Å²) in [7, 11) is 0. The van der Waals surface area contributed by atoms with Crippen molar-refractivity contribution in [1.82, 2.24) is 0 Å². The fraction of sp³-hybridized carbons (Fsp3) is 0.857. The fourth-order valence-electron chi connectivity index (χ4n) is 0.629. The van der Waals surface area contributed by atoms with Crippen LogP contribution in [0.4, 0.5) is 0 Å². The first-order chi connectivity index (χ1) is 4.31. The molecule has 0 rings (SSSR count). The first kappa shape index (κ1) is 9.58. The SMILES string of the molecule is [CH2]CCCC(Cl)CCCl. The summed E-state index contributed by atoms with van der Waals surface area (Å²) in [6, 6.07) is 0. The molecule has 0 aliphatic carbocycles. The lowest BCUT2D eigenvalue weighted by molar-refractivity contribution is 0.684. The highest BCUT2D eigenvalue weighted by Gasteiger charge is 2.00. The van der Waals surface area contributed by atoms with E-state index >= 15 is 0 Å². The van der Waals surface area contributed by atoms with Crippen LogP contribution >= 0.6 is 23.2 Å². The zero-order chi connectivity index (χ0) is 7.11. The van der Waals surface area contributed by atoms with Gasteiger partial charge in [-0.25, -0.2) is 0 Å². The molecule has 0 saturated heterocycles. The zero-order valence-electron chi connectivity index (χ0n) is 5.58. The van der Waals surface area contributed by atoms with Gasteiger partial charge < -0.3 is 0 Å². The van der Waals surface area contributed by atoms with Gasteiger partial charge in [-0.3, -0.25) is 0 Å². The average molecular weight is 168 g/mol. The third-order valence-electron chi connectivity index (χ3n) is 1.19. The fourth-order valence-corrected chi connectivity index (χ4v) is 1.27. The largest absolute Gasteiger partial charge is 0.127 e. The van der Waals surface area contributed by atoms with Crippen molar-refractivity contribution in [3.05, 3.63) is 6.92 Å². The van der Waals surface area contributed by atoms with E-state index in [2.05, 4.69) is 6.92 Å². The Bertz CT molecular complexity index is 54.9. The molecule has 1 atom stereocenters. The molecule has 0 aliphatic rings. The Balaban J connectivity index is 2.95. The van der Waals surface area contributed by atoms with Gasteiger partial charge in [0.2, 0.25) is 0 Å². The molecule has 0 aromatic heterocycles. The highest BCUT2D eigenvalue weighted by atomic mass is 35.5. The van der Waals surface area contributed by atoms with Crippen molar-refractivity contribution >= 4 is 23.2 Å². The second kappa shape index (κ2) is 6.70. The smallest absolute Gasteiger partial charge is 0.0347 e. The van der Waals surface area contributed by atoms with Gasteiger partial charge in [-0.15, -0.1) is 23.2 Å². The molecule has 0 N–H and O–H groups in total. The van der Waals surface area contributed by atoms with Gasteiger partial charge in [-0.05, 0) is 12.8 Å². The number of hydrogen-bond donors (Lipinski definition) is 0. The summed E-state index contributed by atoms with van der Waals surface area (Å²) in [6.07, 6.45) is 4.07. The van der Waals surface area contributed by atoms with E-state index in [4.69, 9.17) is 23.2 Å². The van der Waals surface area contributed by atoms with Crippen LogP contribution in [0, 0.1) is 6.92 Å². The molecule has 0 aromatic rings. The number of unbranched alkanes of at least 4 members (excludes halogenated alkanes) is 1. The Hall–Kier alpha value is 0.580. The normalized spacial score (nSPS) is 13.7. The summed E-state index contributed by atoms with van der Waals surface area (Å²) in [5.41, 5.74) is 0. The highest BCUT2D eigenvalue weighted by molar-refractivity contribution is 6.22. The van der Waals surface area contributed by atoms with E-state index in [9.17, 15) is 0 Å². The maximum Gasteiger partial charge on any atom is 0.0347 e. The monoisotopic (exact) mass is 167 g/mol. The Morgan fingerprint density at radius 2 is 2.00 bits per heavy atom. The molecule has 0 fully saturated rings. The van der Waals surface area contributed by atoms with Gasteiger partial charge in [0.05, 0.1) is 0 Å². The lowest BCUT2D eigenvalue weighted by atomic mass is 10.2. The van der Waals surface area contributed by atoms with Crippen molar-refractivity contribution in [1.29, 1.82) is 0 Å². The summed E-state index contributed by atoms with van der Waals surface area (Å²) in [5.74, 6) is 0.672. The van der Waals surface area contributed by atoms with Crippen LogP contribution in [0.15, 0.2) is 0 Å². The van der Waals surface area contributed by atoms with Crippen LogP contribution in [-0.4, -0.2) is 11.3 Å². The summed E-state index contributed by atoms with van der Waals surface area (Å²) < 4.78 is 0. The Morgan fingerprint density at radius 3 is 2.44 bits per heavy atom. The molecule has 0 aliphatic heterocycles. The minimum atomic E-state index is 0.268. The molecule has 0 amide bonds. The topological polar surface area (TPSA) is 0 Å². The van der Waals surface area contributed by atoms with E-state index < -0.39 is 0 Å². The molecule has 0 saturated carbocycles. The minimum absolute atomic E-state index is 0.268. The van der Waals surface area contributed by atoms with Crippen molar-refractivity contribution in [3.8, 4) is 0 Å². The van der Waals surface area contributed by atoms with Crippen molar-refractivity contribution in [2.24, 2.45) is 0 Å². The lowest BCUT2D eigenvalue weighted by Gasteiger charge is -2.03. The molecular weight excluding hydrogens is 155 g/mol. The zero-order valence-corrected chi connectivity index (χ0v) is 7.09. The molecule has 1 radical (unpaired) electrons. The number of halogens is 2. The van der Waals surface area contributed by atoms with E-state index in [1.807, 2.05) is 0 Å². The molecule has 0 heterocycles. The Labute approximate surface area is 67.5 Å². The average Bonchev–Trinajstić information content (AvgIpc) is 1.85. The molecule has 0 spiro atoms. The Kier molecular flexibility index (Phi) is 7.13. The van der Waals surface area contributed by atoms with Gasteiger partial charge in [0.15, 0.2) is 0 Å². The standard InChI is InChI=1S/C7H13Cl2/c1-2-3-4-7(9)5-6-8/h7H,1-6H2. The summed E-state index contributed by atoms with van der Waals surface area (Å²) in [5, 5.41) is 0.268. The second-order valence-electron chi connectivity index (χ2n) is 2.07. The maximum atomic E-state index is 5.85. The van der Waals surface area contributed by atoms with Crippen molar-refractivity contribution in [2.45, 2.75) is 31.1 Å². The summed E-state index contributed by atoms with van der Waals surface area (Å²) in [4.78, 5) is 0. The van der Waals surface area contributed by atoms with E-state index in [0.717, 1.165) is 25.7 Å². The third kappa shape index (κ3) is 6.47. The summed E-state index contributed by atoms with van der Waals surface area (Å²) >= 11 is 11.3. The van der Waals surface area contributed by atoms with Crippen LogP contribution < -0.4 is 0 Å². The summed E-state index contributed by atoms with van der Waals surface area (Å²) in [6.45, 7) is 3.73. The van der Waals surface area contributed by atoms with Crippen LogP contribution in [0.3, 0.4) is 0 Å². The van der Waals surface area contributed by atoms with E-state index in [1.165, 1.54) is 0 Å². The molecule has 1 unspecified atom stereocenters. The van der Waals surface area contributed by atoms with Crippen LogP contribution in [0.25, 0.3) is 0 Å². The van der Waals surface area contributed by atoms with Gasteiger partial charge in [0, 0.05) is 11.3 Å². The number of alkyl halides is 2. The van der Waals surface area contributed by atoms with Crippen molar-refractivity contribution < 1.29 is 0 Å². The maximum absolute atomic E-state index is 5.85. The number of hydrogen-bond acceptors (Lipinski definition) is 0. The first-order valence-electron chi connectivity index (χ1n) is 3.30. The van der Waals surface area contributed by atoms with E-state index in [0.29, 0.717) is 5.88 Å². The highest BCUT2D eigenvalue weighted by Crippen LogP contribution is 2.11. The number of rotatable bonds is 5. The third-order valence-corrected chi connectivity index (χ3v) is 1.84. The van der Waals surface area contributed by atoms with E-state index in [-0.39, 0.29) is 5.38 Å². The molecule has 0 bridgehead atoms. The molecule has 0 aromatic carbocycles. The molecule has 0 nitrogen and oxygen atoms in total. The van der Waals surface area contributed by atoms with Gasteiger partial charge in [0.25, 0.3) is 0 Å². The molecule has 2 heteroatoms. The van der Waals surface area contributed by atoms with Crippen molar-refractivity contribution in [3.63, 3.8) is 0 Å². The molecule has 9 heavy (non-hydrogen) atoms. The van der Waals surface area contributed by atoms with Gasteiger partial charge >= 0.3 is 0 Å². The van der Waals surface area contributed by atoms with Gasteiger partial charge in [0.1, 0.15) is 0 Å². The van der Waals surface area contributed by atoms with Crippen LogP contribution in [-0.2, 0) is 0 Å². The predicted molar refractivity (Wildman–Crippen MR) is 44.2 cm³/mol. The van der Waals surface area contributed by atoms with Crippen LogP contribution in [0.1, 0.15) is 25.7 Å². The first-order valence-corrected chi connectivity index (χ1v) is 4.27.